The number of hydrogen-bond donors (Lipinski definition) is 0. The number of rotatable bonds is 5. The first-order chi connectivity index (χ1) is 7.81. The van der Waals surface area contributed by atoms with Crippen molar-refractivity contribution in [1.29, 1.82) is 0 Å². The van der Waals surface area contributed by atoms with E-state index in [2.05, 4.69) is 32.0 Å². The molecule has 0 N–H and O–H groups in total. The molecular formula is C15H20O. The fourth-order valence-corrected chi connectivity index (χ4v) is 2.09. The number of furan rings is 1. The zero-order valence-electron chi connectivity index (χ0n) is 10.2. The lowest BCUT2D eigenvalue weighted by molar-refractivity contribution is 0.475. The number of unbranched alkanes of at least 4 members (excludes halogenated alkanes) is 2. The van der Waals surface area contributed by atoms with Gasteiger partial charge >= 0.3 is 0 Å². The van der Waals surface area contributed by atoms with Gasteiger partial charge in [0.2, 0.25) is 0 Å². The molecule has 0 spiro atoms. The average Bonchev–Trinajstić information content (AvgIpc) is 2.73. The molecule has 1 nitrogen and oxygen atoms in total. The first-order valence-corrected chi connectivity index (χ1v) is 6.29. The summed E-state index contributed by atoms with van der Waals surface area (Å²) >= 11 is 0. The highest BCUT2D eigenvalue weighted by Crippen LogP contribution is 2.28. The number of hydrogen-bond acceptors (Lipinski definition) is 1. The summed E-state index contributed by atoms with van der Waals surface area (Å²) in [6.07, 6.45) is 5.14. The van der Waals surface area contributed by atoms with Gasteiger partial charge in [-0.2, -0.15) is 0 Å². The molecule has 1 aromatic heterocycles. The maximum atomic E-state index is 5.86. The summed E-state index contributed by atoms with van der Waals surface area (Å²) in [7, 11) is 0. The molecule has 0 fully saturated rings. The Hall–Kier alpha value is -1.24. The van der Waals surface area contributed by atoms with E-state index in [1.165, 1.54) is 31.1 Å². The van der Waals surface area contributed by atoms with Crippen molar-refractivity contribution < 1.29 is 4.42 Å². The monoisotopic (exact) mass is 216 g/mol. The van der Waals surface area contributed by atoms with Gasteiger partial charge in [0.1, 0.15) is 11.3 Å². The van der Waals surface area contributed by atoms with Gasteiger partial charge < -0.3 is 4.42 Å². The molecule has 0 aliphatic rings. The van der Waals surface area contributed by atoms with Gasteiger partial charge in [0.15, 0.2) is 0 Å². The maximum Gasteiger partial charge on any atom is 0.134 e. The van der Waals surface area contributed by atoms with Crippen LogP contribution in [-0.4, -0.2) is 0 Å². The van der Waals surface area contributed by atoms with Crippen LogP contribution in [0.1, 0.15) is 51.2 Å². The molecule has 0 saturated heterocycles. The normalized spacial score (nSPS) is 13.1. The van der Waals surface area contributed by atoms with E-state index < -0.39 is 0 Å². The molecule has 1 unspecified atom stereocenters. The van der Waals surface area contributed by atoms with Gasteiger partial charge in [0, 0.05) is 11.3 Å². The van der Waals surface area contributed by atoms with Crippen LogP contribution in [0.3, 0.4) is 0 Å². The molecule has 2 aromatic rings. The second-order valence-corrected chi connectivity index (χ2v) is 4.58. The Bertz CT molecular complexity index is 408. The molecule has 0 radical (unpaired) electrons. The largest absolute Gasteiger partial charge is 0.461 e. The molecule has 86 valence electrons. The highest BCUT2D eigenvalue weighted by Gasteiger charge is 2.10. The molecule has 0 aliphatic heterocycles. The summed E-state index contributed by atoms with van der Waals surface area (Å²) in [6.45, 7) is 4.50. The van der Waals surface area contributed by atoms with Crippen LogP contribution in [0.2, 0.25) is 0 Å². The standard InChI is InChI=1S/C15H20O/c1-3-4-5-8-12(2)15-11-13-9-6-7-10-14(13)16-15/h6-7,9-12H,3-5,8H2,1-2H3. The quantitative estimate of drug-likeness (QED) is 0.632. The first kappa shape index (κ1) is 11.3. The molecule has 1 atom stereocenters. The van der Waals surface area contributed by atoms with Crippen LogP contribution < -0.4 is 0 Å². The molecule has 0 saturated carbocycles. The van der Waals surface area contributed by atoms with Crippen LogP contribution in [0.25, 0.3) is 11.0 Å². The molecule has 1 heteroatoms. The van der Waals surface area contributed by atoms with Gasteiger partial charge in [-0.1, -0.05) is 51.3 Å². The summed E-state index contributed by atoms with van der Waals surface area (Å²) in [5.41, 5.74) is 1.01. The predicted molar refractivity (Wildman–Crippen MR) is 68.8 cm³/mol. The Labute approximate surface area is 97.5 Å². The Balaban J connectivity index is 2.07. The smallest absolute Gasteiger partial charge is 0.134 e. The van der Waals surface area contributed by atoms with E-state index in [9.17, 15) is 0 Å². The fourth-order valence-electron chi connectivity index (χ4n) is 2.09. The van der Waals surface area contributed by atoms with Crippen LogP contribution in [0.15, 0.2) is 34.7 Å². The molecule has 0 bridgehead atoms. The maximum absolute atomic E-state index is 5.86. The summed E-state index contributed by atoms with van der Waals surface area (Å²) < 4.78 is 5.86. The summed E-state index contributed by atoms with van der Waals surface area (Å²) in [4.78, 5) is 0. The second kappa shape index (κ2) is 5.20. The van der Waals surface area contributed by atoms with Crippen molar-refractivity contribution in [3.05, 3.63) is 36.1 Å². The van der Waals surface area contributed by atoms with E-state index in [0.717, 1.165) is 11.3 Å². The Kier molecular flexibility index (Phi) is 3.66. The molecule has 1 aromatic carbocycles. The predicted octanol–water partition coefficient (Wildman–Crippen LogP) is 5.12. The Morgan fingerprint density at radius 3 is 2.75 bits per heavy atom. The van der Waals surface area contributed by atoms with Crippen LogP contribution >= 0.6 is 0 Å². The Morgan fingerprint density at radius 2 is 2.00 bits per heavy atom. The van der Waals surface area contributed by atoms with Crippen molar-refractivity contribution in [3.8, 4) is 0 Å². The molecule has 2 rings (SSSR count). The van der Waals surface area contributed by atoms with Crippen LogP contribution in [-0.2, 0) is 0 Å². The van der Waals surface area contributed by atoms with Crippen molar-refractivity contribution in [3.63, 3.8) is 0 Å². The second-order valence-electron chi connectivity index (χ2n) is 4.58. The van der Waals surface area contributed by atoms with E-state index >= 15 is 0 Å². The van der Waals surface area contributed by atoms with Crippen LogP contribution in [0.5, 0.6) is 0 Å². The summed E-state index contributed by atoms with van der Waals surface area (Å²) in [5.74, 6) is 1.68. The van der Waals surface area contributed by atoms with Gasteiger partial charge in [0.05, 0.1) is 0 Å². The third kappa shape index (κ3) is 2.46. The van der Waals surface area contributed by atoms with E-state index in [-0.39, 0.29) is 0 Å². The number of fused-ring (bicyclic) bond motifs is 1. The minimum Gasteiger partial charge on any atom is -0.461 e. The molecular weight excluding hydrogens is 196 g/mol. The van der Waals surface area contributed by atoms with Crippen LogP contribution in [0, 0.1) is 0 Å². The minimum absolute atomic E-state index is 0.541. The summed E-state index contributed by atoms with van der Waals surface area (Å²) in [6, 6.07) is 10.4. The lowest BCUT2D eigenvalue weighted by atomic mass is 10.0. The van der Waals surface area contributed by atoms with Crippen molar-refractivity contribution in [2.24, 2.45) is 0 Å². The van der Waals surface area contributed by atoms with Crippen molar-refractivity contribution in [2.45, 2.75) is 45.4 Å². The molecule has 1 heterocycles. The van der Waals surface area contributed by atoms with Gasteiger partial charge in [-0.05, 0) is 18.6 Å². The Morgan fingerprint density at radius 1 is 1.19 bits per heavy atom. The van der Waals surface area contributed by atoms with E-state index in [0.29, 0.717) is 5.92 Å². The SMILES string of the molecule is CCCCCC(C)c1cc2ccccc2o1. The highest BCUT2D eigenvalue weighted by molar-refractivity contribution is 5.77. The average molecular weight is 216 g/mol. The van der Waals surface area contributed by atoms with Gasteiger partial charge in [-0.15, -0.1) is 0 Å². The van der Waals surface area contributed by atoms with E-state index in [1.54, 1.807) is 0 Å². The zero-order chi connectivity index (χ0) is 11.4. The van der Waals surface area contributed by atoms with Crippen molar-refractivity contribution in [1.82, 2.24) is 0 Å². The number of benzene rings is 1. The highest BCUT2D eigenvalue weighted by atomic mass is 16.3. The molecule has 0 aliphatic carbocycles. The zero-order valence-corrected chi connectivity index (χ0v) is 10.2. The summed E-state index contributed by atoms with van der Waals surface area (Å²) in [5, 5.41) is 1.22. The fraction of sp³-hybridized carbons (Fsp3) is 0.467. The van der Waals surface area contributed by atoms with Crippen molar-refractivity contribution >= 4 is 11.0 Å². The molecule has 0 amide bonds. The van der Waals surface area contributed by atoms with Crippen LogP contribution in [0.4, 0.5) is 0 Å². The van der Waals surface area contributed by atoms with E-state index in [4.69, 9.17) is 4.42 Å². The number of para-hydroxylation sites is 1. The minimum atomic E-state index is 0.541. The van der Waals surface area contributed by atoms with Crippen molar-refractivity contribution in [2.75, 3.05) is 0 Å². The first-order valence-electron chi connectivity index (χ1n) is 6.29. The van der Waals surface area contributed by atoms with E-state index in [1.807, 2.05) is 12.1 Å². The van der Waals surface area contributed by atoms with Gasteiger partial charge in [0.25, 0.3) is 0 Å². The third-order valence-corrected chi connectivity index (χ3v) is 3.17. The topological polar surface area (TPSA) is 13.1 Å². The third-order valence-electron chi connectivity index (χ3n) is 3.17. The molecule has 16 heavy (non-hydrogen) atoms. The lowest BCUT2D eigenvalue weighted by Gasteiger charge is -2.06. The lowest BCUT2D eigenvalue weighted by Crippen LogP contribution is -1.90. The van der Waals surface area contributed by atoms with Gasteiger partial charge in [-0.3, -0.25) is 0 Å². The van der Waals surface area contributed by atoms with Gasteiger partial charge in [-0.25, -0.2) is 0 Å².